The molecule has 1 amide bonds. The van der Waals surface area contributed by atoms with Crippen LogP contribution in [0.3, 0.4) is 0 Å². The van der Waals surface area contributed by atoms with E-state index in [9.17, 15) is 9.59 Å². The Morgan fingerprint density at radius 3 is 2.31 bits per heavy atom. The van der Waals surface area contributed by atoms with Gasteiger partial charge >= 0.3 is 12.1 Å². The van der Waals surface area contributed by atoms with Gasteiger partial charge in [-0.2, -0.15) is 0 Å². The lowest BCUT2D eigenvalue weighted by Crippen LogP contribution is -2.49. The Bertz CT molecular complexity index is 1470. The Balaban J connectivity index is 1.92. The van der Waals surface area contributed by atoms with Crippen molar-refractivity contribution in [3.8, 4) is 11.3 Å². The number of benzene rings is 2. The maximum Gasteiger partial charge on any atom is 0.410 e. The molecule has 0 fully saturated rings. The van der Waals surface area contributed by atoms with Gasteiger partial charge in [0.1, 0.15) is 5.60 Å². The van der Waals surface area contributed by atoms with Gasteiger partial charge in [0.05, 0.1) is 31.0 Å². The Labute approximate surface area is 274 Å². The molecule has 2 atom stereocenters. The number of nitrogens with one attached hydrogen (secondary N) is 1. The van der Waals surface area contributed by atoms with E-state index in [1.165, 1.54) is 7.11 Å². The van der Waals surface area contributed by atoms with E-state index in [-0.39, 0.29) is 17.6 Å². The number of rotatable bonds is 11. The number of anilines is 1. The van der Waals surface area contributed by atoms with E-state index in [0.717, 1.165) is 16.8 Å². The fourth-order valence-electron chi connectivity index (χ4n) is 4.45. The third-order valence-electron chi connectivity index (χ3n) is 7.94. The summed E-state index contributed by atoms with van der Waals surface area (Å²) >= 11 is 6.42. The average molecular weight is 654 g/mol. The van der Waals surface area contributed by atoms with Crippen molar-refractivity contribution in [3.63, 3.8) is 0 Å². The van der Waals surface area contributed by atoms with Crippen LogP contribution in [0.5, 0.6) is 0 Å². The first-order chi connectivity index (χ1) is 20.9. The number of ether oxygens (including phenoxy) is 2. The molecule has 0 aliphatic rings. The van der Waals surface area contributed by atoms with Gasteiger partial charge in [-0.3, -0.25) is 4.98 Å². The minimum atomic E-state index is -2.25. The van der Waals surface area contributed by atoms with Crippen LogP contribution in [0, 0.1) is 0 Å². The van der Waals surface area contributed by atoms with Crippen LogP contribution in [-0.4, -0.2) is 62.1 Å². The number of methoxy groups -OCH3 is 1. The Kier molecular flexibility index (Phi) is 11.9. The van der Waals surface area contributed by atoms with Crippen molar-refractivity contribution in [1.82, 2.24) is 9.88 Å². The molecule has 244 valence electrons. The Hall–Kier alpha value is -3.40. The predicted octanol–water partition coefficient (Wildman–Crippen LogP) is 8.99. The van der Waals surface area contributed by atoms with Crippen molar-refractivity contribution in [1.29, 1.82) is 0 Å². The molecule has 2 unspecified atom stereocenters. The summed E-state index contributed by atoms with van der Waals surface area (Å²) in [5, 5.41) is 4.03. The fourth-order valence-corrected chi connectivity index (χ4v) is 5.92. The van der Waals surface area contributed by atoms with E-state index in [2.05, 4.69) is 44.2 Å². The van der Waals surface area contributed by atoms with Crippen molar-refractivity contribution < 1.29 is 23.5 Å². The highest BCUT2D eigenvalue weighted by molar-refractivity contribution is 6.74. The first-order valence-corrected chi connectivity index (χ1v) is 18.5. The van der Waals surface area contributed by atoms with E-state index in [0.29, 0.717) is 22.8 Å². The van der Waals surface area contributed by atoms with Crippen LogP contribution in [0.25, 0.3) is 11.3 Å². The highest BCUT2D eigenvalue weighted by Gasteiger charge is 2.41. The van der Waals surface area contributed by atoms with Crippen LogP contribution in [0.1, 0.15) is 70.5 Å². The zero-order chi connectivity index (χ0) is 33.6. The number of pyridine rings is 1. The molecule has 45 heavy (non-hydrogen) atoms. The Morgan fingerprint density at radius 2 is 1.69 bits per heavy atom. The van der Waals surface area contributed by atoms with Crippen molar-refractivity contribution >= 4 is 37.7 Å². The zero-order valence-corrected chi connectivity index (χ0v) is 30.0. The quantitative estimate of drug-likeness (QED) is 0.163. The summed E-state index contributed by atoms with van der Waals surface area (Å²) in [6.45, 7) is 19.3. The van der Waals surface area contributed by atoms with Crippen LogP contribution in [0.15, 0.2) is 66.9 Å². The minimum absolute atomic E-state index is 0.0416. The van der Waals surface area contributed by atoms with Crippen molar-refractivity contribution in [2.75, 3.05) is 25.5 Å². The Morgan fingerprint density at radius 1 is 1.00 bits per heavy atom. The van der Waals surface area contributed by atoms with Crippen LogP contribution in [-0.2, 0) is 13.9 Å². The molecule has 0 saturated carbocycles. The first-order valence-electron chi connectivity index (χ1n) is 15.2. The molecular formula is C35H48ClN3O5Si. The van der Waals surface area contributed by atoms with Gasteiger partial charge in [-0.05, 0) is 87.8 Å². The number of hydrogen-bond donors (Lipinski definition) is 1. The highest BCUT2D eigenvalue weighted by atomic mass is 35.5. The zero-order valence-electron chi connectivity index (χ0n) is 28.2. The van der Waals surface area contributed by atoms with Gasteiger partial charge in [-0.1, -0.05) is 56.6 Å². The summed E-state index contributed by atoms with van der Waals surface area (Å²) < 4.78 is 17.8. The number of esters is 1. The molecule has 8 nitrogen and oxygen atoms in total. The van der Waals surface area contributed by atoms with E-state index in [1.54, 1.807) is 23.2 Å². The third-order valence-corrected chi connectivity index (χ3v) is 12.7. The molecular weight excluding hydrogens is 606 g/mol. The first kappa shape index (κ1) is 36.1. The van der Waals surface area contributed by atoms with Crippen LogP contribution in [0.4, 0.5) is 10.5 Å². The largest absolute Gasteiger partial charge is 0.465 e. The normalized spacial score (nSPS) is 13.5. The molecule has 1 aromatic heterocycles. The number of amides is 1. The lowest BCUT2D eigenvalue weighted by Gasteiger charge is -2.41. The molecule has 0 aliphatic heterocycles. The van der Waals surface area contributed by atoms with Crippen molar-refractivity contribution in [3.05, 3.63) is 83.0 Å². The van der Waals surface area contributed by atoms with E-state index in [4.69, 9.17) is 25.5 Å². The van der Waals surface area contributed by atoms with Gasteiger partial charge in [0.2, 0.25) is 0 Å². The molecule has 2 aromatic carbocycles. The van der Waals surface area contributed by atoms with Gasteiger partial charge in [0.25, 0.3) is 0 Å². The molecule has 1 N–H and O–H groups in total. The van der Waals surface area contributed by atoms with Gasteiger partial charge in [-0.25, -0.2) is 9.59 Å². The molecule has 1 heterocycles. The fraction of sp³-hybridized carbons (Fsp3) is 0.457. The second-order valence-electron chi connectivity index (χ2n) is 13.8. The predicted molar refractivity (Wildman–Crippen MR) is 184 cm³/mol. The maximum absolute atomic E-state index is 13.7. The van der Waals surface area contributed by atoms with Crippen molar-refractivity contribution in [2.45, 2.75) is 84.3 Å². The molecule has 0 bridgehead atoms. The third kappa shape index (κ3) is 10.0. The number of hydrogen-bond acceptors (Lipinski definition) is 7. The molecule has 0 aliphatic carbocycles. The van der Waals surface area contributed by atoms with Gasteiger partial charge < -0.3 is 24.1 Å². The number of aromatic nitrogens is 1. The minimum Gasteiger partial charge on any atom is -0.465 e. The summed E-state index contributed by atoms with van der Waals surface area (Å²) in [7, 11) is -0.903. The smallest absolute Gasteiger partial charge is 0.410 e. The summed E-state index contributed by atoms with van der Waals surface area (Å²) in [5.41, 5.74) is 2.72. The number of carbonyl (C=O) groups is 2. The second-order valence-corrected chi connectivity index (χ2v) is 18.9. The maximum atomic E-state index is 13.7. The summed E-state index contributed by atoms with van der Waals surface area (Å²) in [6.07, 6.45) is 0.807. The summed E-state index contributed by atoms with van der Waals surface area (Å²) in [5.74, 6) is -0.452. The van der Waals surface area contributed by atoms with E-state index < -0.39 is 32.1 Å². The van der Waals surface area contributed by atoms with Crippen molar-refractivity contribution in [2.24, 2.45) is 0 Å². The lowest BCUT2D eigenvalue weighted by atomic mass is 10.1. The van der Waals surface area contributed by atoms with Crippen LogP contribution < -0.4 is 5.32 Å². The summed E-state index contributed by atoms with van der Waals surface area (Å²) in [4.78, 5) is 32.3. The van der Waals surface area contributed by atoms with Gasteiger partial charge in [0.15, 0.2) is 8.32 Å². The molecule has 0 saturated heterocycles. The topological polar surface area (TPSA) is 90.0 Å². The number of nitrogens with zero attached hydrogens (tertiary/aromatic N) is 2. The van der Waals surface area contributed by atoms with E-state index in [1.807, 2.05) is 76.2 Å². The lowest BCUT2D eigenvalue weighted by molar-refractivity contribution is 0.00798. The van der Waals surface area contributed by atoms with Gasteiger partial charge in [-0.15, -0.1) is 0 Å². The number of carbonyl (C=O) groups excluding carboxylic acids is 2. The molecule has 0 spiro atoms. The summed E-state index contributed by atoms with van der Waals surface area (Å²) in [6, 6.07) is 18.4. The molecule has 0 radical (unpaired) electrons. The molecule has 3 aromatic rings. The monoisotopic (exact) mass is 653 g/mol. The van der Waals surface area contributed by atoms with Crippen LogP contribution >= 0.6 is 11.6 Å². The standard InChI is InChI=1S/C35H48ClN3O5Si/c1-24(22-38-28-17-12-15-26(21-28)31-29(32(40)42-8)18-13-19-37-31)39(33(41)43-34(2,3)4)23-30(25-14-11-16-27(36)20-25)44-45(9,10)35(5,6)7/h11-21,24,30,38H,22-23H2,1-10H3. The number of halogens is 1. The highest BCUT2D eigenvalue weighted by Crippen LogP contribution is 2.40. The van der Waals surface area contributed by atoms with Crippen LogP contribution in [0.2, 0.25) is 23.2 Å². The second kappa shape index (κ2) is 14.8. The van der Waals surface area contributed by atoms with Gasteiger partial charge in [0, 0.05) is 35.1 Å². The average Bonchev–Trinajstić information content (AvgIpc) is 2.96. The molecule has 3 rings (SSSR count). The van der Waals surface area contributed by atoms with E-state index >= 15 is 0 Å². The molecule has 10 heteroatoms. The SMILES string of the molecule is COC(=O)c1cccnc1-c1cccc(NCC(C)N(CC(O[Si](C)(C)C(C)(C)C)c2cccc(Cl)c2)C(=O)OC(C)(C)C)c1.